The lowest BCUT2D eigenvalue weighted by molar-refractivity contribution is 0.0936. The Balaban J connectivity index is 1.87. The second-order valence-corrected chi connectivity index (χ2v) is 5.82. The van der Waals surface area contributed by atoms with Crippen LogP contribution in [0.4, 0.5) is 4.79 Å². The molecule has 0 aliphatic heterocycles. The molecule has 0 saturated carbocycles. The lowest BCUT2D eigenvalue weighted by Crippen LogP contribution is -2.46. The highest BCUT2D eigenvalue weighted by Crippen LogP contribution is 2.28. The molecule has 0 fully saturated rings. The van der Waals surface area contributed by atoms with Crippen LogP contribution in [-0.2, 0) is 13.6 Å². The average molecular weight is 361 g/mol. The van der Waals surface area contributed by atoms with Crippen LogP contribution in [0.2, 0.25) is 0 Å². The van der Waals surface area contributed by atoms with Crippen molar-refractivity contribution in [3.8, 4) is 11.5 Å². The van der Waals surface area contributed by atoms with E-state index in [2.05, 4.69) is 21.3 Å². The zero-order valence-corrected chi connectivity index (χ0v) is 15.2. The minimum Gasteiger partial charge on any atom is -0.493 e. The molecule has 3 N–H and O–H groups in total. The van der Waals surface area contributed by atoms with Crippen molar-refractivity contribution in [2.75, 3.05) is 7.11 Å². The SMILES string of the molecule is COc1cc(C(=O)NNC(=O)NCc2cnn(C)c2)ccc1OC(C)C. The van der Waals surface area contributed by atoms with Crippen molar-refractivity contribution in [3.05, 3.63) is 41.7 Å². The Kier molecular flexibility index (Phi) is 6.42. The normalized spacial score (nSPS) is 10.3. The smallest absolute Gasteiger partial charge is 0.333 e. The van der Waals surface area contributed by atoms with Crippen LogP contribution in [-0.4, -0.2) is 34.9 Å². The molecule has 0 aliphatic rings. The van der Waals surface area contributed by atoms with Crippen molar-refractivity contribution in [2.45, 2.75) is 26.5 Å². The monoisotopic (exact) mass is 361 g/mol. The van der Waals surface area contributed by atoms with Gasteiger partial charge in [0, 0.05) is 30.9 Å². The summed E-state index contributed by atoms with van der Waals surface area (Å²) in [5.41, 5.74) is 5.80. The van der Waals surface area contributed by atoms with E-state index in [1.54, 1.807) is 42.3 Å². The fraction of sp³-hybridized carbons (Fsp3) is 0.353. The van der Waals surface area contributed by atoms with Crippen LogP contribution < -0.4 is 25.6 Å². The van der Waals surface area contributed by atoms with Gasteiger partial charge in [0.25, 0.3) is 5.91 Å². The summed E-state index contributed by atoms with van der Waals surface area (Å²) in [4.78, 5) is 23.9. The number of aromatic nitrogens is 2. The zero-order valence-electron chi connectivity index (χ0n) is 15.2. The van der Waals surface area contributed by atoms with Crippen LogP contribution >= 0.6 is 0 Å². The summed E-state index contributed by atoms with van der Waals surface area (Å²) in [6, 6.07) is 4.25. The highest BCUT2D eigenvalue weighted by molar-refractivity contribution is 5.95. The predicted molar refractivity (Wildman–Crippen MR) is 94.8 cm³/mol. The van der Waals surface area contributed by atoms with Crippen LogP contribution in [0.25, 0.3) is 0 Å². The minimum atomic E-state index is -0.533. The van der Waals surface area contributed by atoms with Gasteiger partial charge < -0.3 is 14.8 Å². The lowest BCUT2D eigenvalue weighted by atomic mass is 10.2. The quantitative estimate of drug-likeness (QED) is 0.674. The molecule has 9 heteroatoms. The van der Waals surface area contributed by atoms with E-state index in [9.17, 15) is 9.59 Å². The molecule has 0 bridgehead atoms. The van der Waals surface area contributed by atoms with Crippen LogP contribution in [0.5, 0.6) is 11.5 Å². The van der Waals surface area contributed by atoms with E-state index in [1.807, 2.05) is 13.8 Å². The molecular formula is C17H23N5O4. The van der Waals surface area contributed by atoms with Crippen molar-refractivity contribution in [2.24, 2.45) is 7.05 Å². The average Bonchev–Trinajstić information content (AvgIpc) is 3.03. The number of carbonyl (C=O) groups excluding carboxylic acids is 2. The molecule has 1 aromatic heterocycles. The molecule has 1 aromatic carbocycles. The van der Waals surface area contributed by atoms with Crippen LogP contribution in [0.3, 0.4) is 0 Å². The van der Waals surface area contributed by atoms with Crippen LogP contribution in [0, 0.1) is 0 Å². The van der Waals surface area contributed by atoms with E-state index < -0.39 is 11.9 Å². The summed E-state index contributed by atoms with van der Waals surface area (Å²) in [5, 5.41) is 6.61. The first kappa shape index (κ1) is 19.1. The Bertz CT molecular complexity index is 772. The molecule has 0 aliphatic carbocycles. The van der Waals surface area contributed by atoms with Gasteiger partial charge in [0.15, 0.2) is 11.5 Å². The molecule has 2 rings (SSSR count). The molecule has 2 aromatic rings. The van der Waals surface area contributed by atoms with Gasteiger partial charge in [-0.25, -0.2) is 10.2 Å². The van der Waals surface area contributed by atoms with E-state index in [0.29, 0.717) is 23.6 Å². The number of hydrazine groups is 1. The summed E-state index contributed by atoms with van der Waals surface area (Å²) in [5.74, 6) is 0.504. The van der Waals surface area contributed by atoms with Crippen LogP contribution in [0.1, 0.15) is 29.8 Å². The first-order valence-electron chi connectivity index (χ1n) is 8.05. The number of methoxy groups -OCH3 is 1. The molecule has 0 spiro atoms. The summed E-state index contributed by atoms with van der Waals surface area (Å²) >= 11 is 0. The number of nitrogens with one attached hydrogen (secondary N) is 3. The van der Waals surface area contributed by atoms with Gasteiger partial charge in [-0.3, -0.25) is 14.9 Å². The third-order valence-electron chi connectivity index (χ3n) is 3.29. The van der Waals surface area contributed by atoms with Gasteiger partial charge in [-0.2, -0.15) is 5.10 Å². The van der Waals surface area contributed by atoms with E-state index in [4.69, 9.17) is 9.47 Å². The number of urea groups is 1. The second-order valence-electron chi connectivity index (χ2n) is 5.82. The Morgan fingerprint density at radius 3 is 2.62 bits per heavy atom. The molecule has 3 amide bonds. The number of hydrogen-bond donors (Lipinski definition) is 3. The number of aryl methyl sites for hydroxylation is 1. The maximum Gasteiger partial charge on any atom is 0.333 e. The third kappa shape index (κ3) is 5.40. The summed E-state index contributed by atoms with van der Waals surface area (Å²) < 4.78 is 12.5. The van der Waals surface area contributed by atoms with E-state index in [1.165, 1.54) is 7.11 Å². The highest BCUT2D eigenvalue weighted by atomic mass is 16.5. The van der Waals surface area contributed by atoms with E-state index in [0.717, 1.165) is 5.56 Å². The molecule has 0 radical (unpaired) electrons. The maximum absolute atomic E-state index is 12.2. The first-order chi connectivity index (χ1) is 12.4. The first-order valence-corrected chi connectivity index (χ1v) is 8.05. The number of hydrogen-bond acceptors (Lipinski definition) is 5. The summed E-state index contributed by atoms with van der Waals surface area (Å²) in [7, 11) is 3.28. The zero-order chi connectivity index (χ0) is 19.1. The van der Waals surface area contributed by atoms with Gasteiger partial charge in [-0.05, 0) is 32.0 Å². The number of rotatable bonds is 6. The van der Waals surface area contributed by atoms with Gasteiger partial charge >= 0.3 is 6.03 Å². The largest absolute Gasteiger partial charge is 0.493 e. The second kappa shape index (κ2) is 8.75. The van der Waals surface area contributed by atoms with Gasteiger partial charge in [-0.1, -0.05) is 0 Å². The predicted octanol–water partition coefficient (Wildman–Crippen LogP) is 1.36. The third-order valence-corrected chi connectivity index (χ3v) is 3.29. The Labute approximate surface area is 151 Å². The standard InChI is InChI=1S/C17H23N5O4/c1-11(2)26-14-6-5-13(7-15(14)25-4)16(23)20-21-17(24)18-8-12-9-19-22(3)10-12/h5-7,9-11H,8H2,1-4H3,(H,20,23)(H2,18,21,24). The molecule has 0 saturated heterocycles. The number of benzene rings is 1. The molecule has 26 heavy (non-hydrogen) atoms. The number of carbonyl (C=O) groups is 2. The summed E-state index contributed by atoms with van der Waals surface area (Å²) in [6.07, 6.45) is 3.41. The summed E-state index contributed by atoms with van der Waals surface area (Å²) in [6.45, 7) is 4.09. The van der Waals surface area contributed by atoms with Crippen molar-refractivity contribution >= 4 is 11.9 Å². The molecular weight excluding hydrogens is 338 g/mol. The molecule has 0 atom stereocenters. The molecule has 0 unspecified atom stereocenters. The van der Waals surface area contributed by atoms with Gasteiger partial charge in [0.1, 0.15) is 0 Å². The fourth-order valence-electron chi connectivity index (χ4n) is 2.14. The highest BCUT2D eigenvalue weighted by Gasteiger charge is 2.13. The Morgan fingerprint density at radius 1 is 1.23 bits per heavy atom. The van der Waals surface area contributed by atoms with Gasteiger partial charge in [-0.15, -0.1) is 0 Å². The molecule has 1 heterocycles. The van der Waals surface area contributed by atoms with Crippen molar-refractivity contribution in [3.63, 3.8) is 0 Å². The fourth-order valence-corrected chi connectivity index (χ4v) is 2.14. The minimum absolute atomic E-state index is 0.0197. The Morgan fingerprint density at radius 2 is 2.00 bits per heavy atom. The maximum atomic E-state index is 12.2. The van der Waals surface area contributed by atoms with Crippen molar-refractivity contribution in [1.82, 2.24) is 25.9 Å². The van der Waals surface area contributed by atoms with E-state index >= 15 is 0 Å². The number of ether oxygens (including phenoxy) is 2. The lowest BCUT2D eigenvalue weighted by Gasteiger charge is -2.14. The molecule has 9 nitrogen and oxygen atoms in total. The Hall–Kier alpha value is -3.23. The topological polar surface area (TPSA) is 107 Å². The molecule has 140 valence electrons. The van der Waals surface area contributed by atoms with Crippen molar-refractivity contribution < 1.29 is 19.1 Å². The van der Waals surface area contributed by atoms with Crippen molar-refractivity contribution in [1.29, 1.82) is 0 Å². The van der Waals surface area contributed by atoms with E-state index in [-0.39, 0.29) is 6.10 Å². The van der Waals surface area contributed by atoms with Gasteiger partial charge in [0.05, 0.1) is 19.4 Å². The van der Waals surface area contributed by atoms with Crippen LogP contribution in [0.15, 0.2) is 30.6 Å². The van der Waals surface area contributed by atoms with Gasteiger partial charge in [0.2, 0.25) is 0 Å². The number of nitrogens with zero attached hydrogens (tertiary/aromatic N) is 2. The number of amides is 3.